The Kier molecular flexibility index (Phi) is 5.29. The summed E-state index contributed by atoms with van der Waals surface area (Å²) in [6, 6.07) is 9.30. The number of para-hydroxylation sites is 1. The zero-order valence-corrected chi connectivity index (χ0v) is 14.1. The van der Waals surface area contributed by atoms with Gasteiger partial charge >= 0.3 is 6.09 Å². The average molecular weight is 318 g/mol. The van der Waals surface area contributed by atoms with Crippen LogP contribution in [0.25, 0.3) is 0 Å². The van der Waals surface area contributed by atoms with Gasteiger partial charge in [-0.1, -0.05) is 37.5 Å². The number of nitrogens with one attached hydrogen (secondary N) is 2. The minimum absolute atomic E-state index is 0.172. The summed E-state index contributed by atoms with van der Waals surface area (Å²) in [6.07, 6.45) is 3.63. The van der Waals surface area contributed by atoms with Crippen molar-refractivity contribution in [3.8, 4) is 0 Å². The third kappa shape index (κ3) is 4.98. The smallest absolute Gasteiger partial charge is 0.408 e. The number of carbonyl (C=O) groups is 2. The first-order valence-corrected chi connectivity index (χ1v) is 8.18. The predicted molar refractivity (Wildman–Crippen MR) is 90.3 cm³/mol. The van der Waals surface area contributed by atoms with Crippen LogP contribution in [0.15, 0.2) is 30.3 Å². The number of hydrogen-bond donors (Lipinski definition) is 2. The van der Waals surface area contributed by atoms with Gasteiger partial charge in [0.05, 0.1) is 0 Å². The van der Waals surface area contributed by atoms with Crippen LogP contribution in [0.4, 0.5) is 10.5 Å². The molecule has 1 aliphatic carbocycles. The lowest BCUT2D eigenvalue weighted by Crippen LogP contribution is -2.58. The minimum atomic E-state index is -0.892. The molecule has 1 aliphatic rings. The number of carbonyl (C=O) groups excluding carboxylic acids is 2. The highest BCUT2D eigenvalue weighted by Crippen LogP contribution is 2.30. The summed E-state index contributed by atoms with van der Waals surface area (Å²) < 4.78 is 5.34. The molecule has 0 unspecified atom stereocenters. The van der Waals surface area contributed by atoms with E-state index in [1.165, 1.54) is 0 Å². The van der Waals surface area contributed by atoms with E-state index in [9.17, 15) is 9.59 Å². The van der Waals surface area contributed by atoms with Crippen molar-refractivity contribution in [2.75, 3.05) is 5.32 Å². The Balaban J connectivity index is 2.11. The van der Waals surface area contributed by atoms with Crippen molar-refractivity contribution < 1.29 is 14.3 Å². The van der Waals surface area contributed by atoms with E-state index in [0.29, 0.717) is 12.8 Å². The number of benzene rings is 1. The van der Waals surface area contributed by atoms with Gasteiger partial charge in [0.1, 0.15) is 11.1 Å². The number of anilines is 1. The van der Waals surface area contributed by atoms with E-state index < -0.39 is 17.2 Å². The van der Waals surface area contributed by atoms with E-state index in [2.05, 4.69) is 10.6 Å². The van der Waals surface area contributed by atoms with Crippen molar-refractivity contribution in [1.82, 2.24) is 5.32 Å². The number of hydrogen-bond acceptors (Lipinski definition) is 3. The first kappa shape index (κ1) is 17.3. The molecule has 1 fully saturated rings. The second-order valence-electron chi connectivity index (χ2n) is 7.09. The first-order valence-electron chi connectivity index (χ1n) is 8.18. The standard InChI is InChI=1S/C18H26N2O3/c1-17(2,3)23-16(22)20-18(12-8-5-9-13-18)15(21)19-14-10-6-4-7-11-14/h4,6-7,10-11H,5,8-9,12-13H2,1-3H3,(H,19,21)(H,20,22). The van der Waals surface area contributed by atoms with Crippen LogP contribution >= 0.6 is 0 Å². The van der Waals surface area contributed by atoms with Crippen LogP contribution in [0, 0.1) is 0 Å². The van der Waals surface area contributed by atoms with Gasteiger partial charge in [-0.15, -0.1) is 0 Å². The number of ether oxygens (including phenoxy) is 1. The summed E-state index contributed by atoms with van der Waals surface area (Å²) in [7, 11) is 0. The van der Waals surface area contributed by atoms with E-state index in [0.717, 1.165) is 24.9 Å². The molecule has 23 heavy (non-hydrogen) atoms. The van der Waals surface area contributed by atoms with Crippen molar-refractivity contribution >= 4 is 17.7 Å². The Morgan fingerprint density at radius 2 is 1.65 bits per heavy atom. The molecule has 0 aliphatic heterocycles. The lowest BCUT2D eigenvalue weighted by atomic mass is 9.81. The van der Waals surface area contributed by atoms with Gasteiger partial charge in [-0.05, 0) is 45.7 Å². The third-order valence-electron chi connectivity index (χ3n) is 3.91. The Labute approximate surface area is 137 Å². The molecular formula is C18H26N2O3. The van der Waals surface area contributed by atoms with Crippen LogP contribution in [0.5, 0.6) is 0 Å². The molecule has 5 heteroatoms. The number of rotatable bonds is 3. The summed E-state index contributed by atoms with van der Waals surface area (Å²) in [4.78, 5) is 25.0. The minimum Gasteiger partial charge on any atom is -0.444 e. The van der Waals surface area contributed by atoms with Gasteiger partial charge in [0.15, 0.2) is 0 Å². The molecule has 1 aromatic rings. The Hall–Kier alpha value is -2.04. The molecule has 1 aromatic carbocycles. The molecular weight excluding hydrogens is 292 g/mol. The van der Waals surface area contributed by atoms with Crippen molar-refractivity contribution in [1.29, 1.82) is 0 Å². The molecule has 2 rings (SSSR count). The van der Waals surface area contributed by atoms with Gasteiger partial charge in [-0.3, -0.25) is 4.79 Å². The Bertz CT molecular complexity index is 543. The molecule has 0 heterocycles. The van der Waals surface area contributed by atoms with Gasteiger partial charge in [-0.2, -0.15) is 0 Å². The predicted octanol–water partition coefficient (Wildman–Crippen LogP) is 3.85. The Morgan fingerprint density at radius 3 is 2.22 bits per heavy atom. The van der Waals surface area contributed by atoms with E-state index in [1.807, 2.05) is 51.1 Å². The molecule has 2 N–H and O–H groups in total. The maximum Gasteiger partial charge on any atom is 0.408 e. The van der Waals surface area contributed by atoms with Crippen LogP contribution in [0.2, 0.25) is 0 Å². The van der Waals surface area contributed by atoms with Crippen molar-refractivity contribution in [3.05, 3.63) is 30.3 Å². The molecule has 0 bridgehead atoms. The SMILES string of the molecule is CC(C)(C)OC(=O)NC1(C(=O)Nc2ccccc2)CCCCC1. The highest BCUT2D eigenvalue weighted by molar-refractivity contribution is 6.00. The zero-order chi connectivity index (χ0) is 16.9. The fourth-order valence-electron chi connectivity index (χ4n) is 2.84. The lowest BCUT2D eigenvalue weighted by Gasteiger charge is -2.37. The van der Waals surface area contributed by atoms with Crippen molar-refractivity contribution in [2.24, 2.45) is 0 Å². The monoisotopic (exact) mass is 318 g/mol. The van der Waals surface area contributed by atoms with Crippen LogP contribution in [0.3, 0.4) is 0 Å². The first-order chi connectivity index (χ1) is 10.8. The van der Waals surface area contributed by atoms with Crippen molar-refractivity contribution in [3.63, 3.8) is 0 Å². The van der Waals surface area contributed by atoms with E-state index in [1.54, 1.807) is 0 Å². The largest absolute Gasteiger partial charge is 0.444 e. The summed E-state index contributed by atoms with van der Waals surface area (Å²) in [5.41, 5.74) is -0.750. The van der Waals surface area contributed by atoms with Gasteiger partial charge in [0.2, 0.25) is 5.91 Å². The van der Waals surface area contributed by atoms with Gasteiger partial charge in [0, 0.05) is 5.69 Å². The second-order valence-corrected chi connectivity index (χ2v) is 7.09. The number of amides is 2. The highest BCUT2D eigenvalue weighted by atomic mass is 16.6. The molecule has 0 radical (unpaired) electrons. The van der Waals surface area contributed by atoms with Gasteiger partial charge in [0.25, 0.3) is 0 Å². The maximum absolute atomic E-state index is 12.8. The topological polar surface area (TPSA) is 67.4 Å². The highest BCUT2D eigenvalue weighted by Gasteiger charge is 2.41. The fraction of sp³-hybridized carbons (Fsp3) is 0.556. The third-order valence-corrected chi connectivity index (χ3v) is 3.91. The molecule has 0 spiro atoms. The second kappa shape index (κ2) is 7.02. The van der Waals surface area contributed by atoms with Crippen LogP contribution in [0.1, 0.15) is 52.9 Å². The molecule has 5 nitrogen and oxygen atoms in total. The summed E-state index contributed by atoms with van der Waals surface area (Å²) in [5.74, 6) is -0.172. The lowest BCUT2D eigenvalue weighted by molar-refractivity contribution is -0.123. The van der Waals surface area contributed by atoms with Gasteiger partial charge < -0.3 is 15.4 Å². The van der Waals surface area contributed by atoms with Gasteiger partial charge in [-0.25, -0.2) is 4.79 Å². The van der Waals surface area contributed by atoms with E-state index >= 15 is 0 Å². The molecule has 0 aromatic heterocycles. The van der Waals surface area contributed by atoms with Crippen LogP contribution < -0.4 is 10.6 Å². The molecule has 0 atom stereocenters. The van der Waals surface area contributed by atoms with E-state index in [4.69, 9.17) is 4.74 Å². The Morgan fingerprint density at radius 1 is 1.04 bits per heavy atom. The maximum atomic E-state index is 12.8. The molecule has 126 valence electrons. The summed E-state index contributed by atoms with van der Waals surface area (Å²) >= 11 is 0. The zero-order valence-electron chi connectivity index (χ0n) is 14.1. The molecule has 2 amide bonds. The summed E-state index contributed by atoms with van der Waals surface area (Å²) in [6.45, 7) is 5.43. The quantitative estimate of drug-likeness (QED) is 0.889. The van der Waals surface area contributed by atoms with E-state index in [-0.39, 0.29) is 5.91 Å². The normalized spacial score (nSPS) is 17.2. The molecule has 1 saturated carbocycles. The molecule has 0 saturated heterocycles. The number of alkyl carbamates (subject to hydrolysis) is 1. The average Bonchev–Trinajstić information content (AvgIpc) is 2.47. The summed E-state index contributed by atoms with van der Waals surface area (Å²) in [5, 5.41) is 5.75. The van der Waals surface area contributed by atoms with Crippen LogP contribution in [-0.4, -0.2) is 23.1 Å². The fourth-order valence-corrected chi connectivity index (χ4v) is 2.84. The van der Waals surface area contributed by atoms with Crippen LogP contribution in [-0.2, 0) is 9.53 Å². The van der Waals surface area contributed by atoms with Crippen molar-refractivity contribution in [2.45, 2.75) is 64.0 Å².